The van der Waals surface area contributed by atoms with Crippen molar-refractivity contribution in [1.29, 1.82) is 0 Å². The maximum absolute atomic E-state index is 11.8. The Bertz CT molecular complexity index is 1010. The summed E-state index contributed by atoms with van der Waals surface area (Å²) in [5.41, 5.74) is 7.88. The number of nitrogens with one attached hydrogen (secondary N) is 1. The Labute approximate surface area is 153 Å². The van der Waals surface area contributed by atoms with Gasteiger partial charge in [-0.2, -0.15) is 0 Å². The molecule has 0 saturated heterocycles. The van der Waals surface area contributed by atoms with Crippen LogP contribution in [0.3, 0.4) is 0 Å². The summed E-state index contributed by atoms with van der Waals surface area (Å²) in [4.78, 5) is 20.0. The number of nitrogens with zero attached hydrogens (tertiary/aromatic N) is 1. The molecule has 1 saturated carbocycles. The molecule has 3 aromatic rings. The van der Waals surface area contributed by atoms with Crippen molar-refractivity contribution in [2.24, 2.45) is 0 Å². The molecule has 1 aliphatic carbocycles. The molecule has 0 unspecified atom stereocenters. The fraction of sp³-hybridized carbons (Fsp3) is 0.364. The fourth-order valence-electron chi connectivity index (χ4n) is 3.63. The zero-order valence-corrected chi connectivity index (χ0v) is 15.8. The van der Waals surface area contributed by atoms with Crippen LogP contribution in [0.1, 0.15) is 58.3 Å². The minimum atomic E-state index is -0.397. The van der Waals surface area contributed by atoms with E-state index in [4.69, 9.17) is 4.74 Å². The van der Waals surface area contributed by atoms with E-state index in [9.17, 15) is 4.79 Å². The molecule has 4 heteroatoms. The maximum atomic E-state index is 11.8. The molecule has 4 nitrogen and oxygen atoms in total. The van der Waals surface area contributed by atoms with E-state index in [0.717, 1.165) is 5.69 Å². The van der Waals surface area contributed by atoms with Gasteiger partial charge in [0.15, 0.2) is 0 Å². The first-order chi connectivity index (χ1) is 12.4. The first kappa shape index (κ1) is 16.8. The van der Waals surface area contributed by atoms with Gasteiger partial charge in [0.25, 0.3) is 0 Å². The smallest absolute Gasteiger partial charge is 0.356 e. The van der Waals surface area contributed by atoms with E-state index < -0.39 is 5.97 Å². The zero-order chi connectivity index (χ0) is 18.5. The molecule has 0 bridgehead atoms. The number of aromatic nitrogens is 2. The third kappa shape index (κ3) is 2.79. The van der Waals surface area contributed by atoms with Gasteiger partial charge in [0, 0.05) is 34.1 Å². The van der Waals surface area contributed by atoms with Crippen LogP contribution in [0, 0.1) is 13.8 Å². The van der Waals surface area contributed by atoms with Crippen molar-refractivity contribution in [3.05, 3.63) is 64.1 Å². The number of aromatic amines is 1. The topological polar surface area (TPSA) is 55.0 Å². The summed E-state index contributed by atoms with van der Waals surface area (Å²) in [6, 6.07) is 10.1. The highest BCUT2D eigenvalue weighted by Crippen LogP contribution is 2.50. The molecule has 2 heterocycles. The normalized spacial score (nSPS) is 15.2. The molecular formula is C22H24N2O2. The van der Waals surface area contributed by atoms with E-state index in [-0.39, 0.29) is 5.41 Å². The highest BCUT2D eigenvalue weighted by Gasteiger charge is 2.42. The second kappa shape index (κ2) is 5.97. The standard InChI is InChI=1S/C22H24N2O2/c1-13-10-16-17(12-15-6-5-7-18(23-15)21(25)26-4)20(22(3)8-9-22)24-19(16)11-14(13)2/h5-7,10-11,24H,8-9,12H2,1-4H3. The molecule has 134 valence electrons. The predicted molar refractivity (Wildman–Crippen MR) is 103 cm³/mol. The average molecular weight is 348 g/mol. The fourth-order valence-corrected chi connectivity index (χ4v) is 3.63. The molecule has 1 N–H and O–H groups in total. The number of hydrogen-bond acceptors (Lipinski definition) is 3. The van der Waals surface area contributed by atoms with Crippen LogP contribution in [-0.2, 0) is 16.6 Å². The van der Waals surface area contributed by atoms with Gasteiger partial charge in [0.2, 0.25) is 0 Å². The molecule has 2 aromatic heterocycles. The zero-order valence-electron chi connectivity index (χ0n) is 15.8. The first-order valence-corrected chi connectivity index (χ1v) is 9.08. The first-order valence-electron chi connectivity index (χ1n) is 9.08. The van der Waals surface area contributed by atoms with Crippen LogP contribution < -0.4 is 0 Å². The lowest BCUT2D eigenvalue weighted by atomic mass is 9.95. The number of esters is 1. The highest BCUT2D eigenvalue weighted by atomic mass is 16.5. The van der Waals surface area contributed by atoms with Gasteiger partial charge in [0.05, 0.1) is 7.11 Å². The van der Waals surface area contributed by atoms with Gasteiger partial charge in [-0.3, -0.25) is 0 Å². The summed E-state index contributed by atoms with van der Waals surface area (Å²) < 4.78 is 4.81. The van der Waals surface area contributed by atoms with Crippen LogP contribution in [0.25, 0.3) is 10.9 Å². The number of rotatable bonds is 4. The van der Waals surface area contributed by atoms with Crippen LogP contribution in [0.4, 0.5) is 0 Å². The third-order valence-corrected chi connectivity index (χ3v) is 5.68. The lowest BCUT2D eigenvalue weighted by Crippen LogP contribution is -2.08. The molecule has 26 heavy (non-hydrogen) atoms. The Morgan fingerprint density at radius 3 is 2.65 bits per heavy atom. The lowest BCUT2D eigenvalue weighted by molar-refractivity contribution is 0.0593. The Balaban J connectivity index is 1.83. The number of ether oxygens (including phenoxy) is 1. The van der Waals surface area contributed by atoms with Crippen molar-refractivity contribution in [2.75, 3.05) is 7.11 Å². The molecule has 1 fully saturated rings. The highest BCUT2D eigenvalue weighted by molar-refractivity contribution is 5.88. The Hall–Kier alpha value is -2.62. The quantitative estimate of drug-likeness (QED) is 0.701. The van der Waals surface area contributed by atoms with Crippen LogP contribution in [0.2, 0.25) is 0 Å². The Kier molecular flexibility index (Phi) is 3.87. The lowest BCUT2D eigenvalue weighted by Gasteiger charge is -2.11. The van der Waals surface area contributed by atoms with Crippen molar-refractivity contribution in [3.8, 4) is 0 Å². The average Bonchev–Trinajstić information content (AvgIpc) is 3.29. The number of aryl methyl sites for hydroxylation is 2. The number of methoxy groups -OCH3 is 1. The third-order valence-electron chi connectivity index (χ3n) is 5.68. The van der Waals surface area contributed by atoms with Crippen molar-refractivity contribution in [3.63, 3.8) is 0 Å². The second-order valence-electron chi connectivity index (χ2n) is 7.70. The summed E-state index contributed by atoms with van der Waals surface area (Å²) in [6.07, 6.45) is 3.12. The minimum absolute atomic E-state index is 0.232. The molecule has 0 spiro atoms. The van der Waals surface area contributed by atoms with Crippen molar-refractivity contribution < 1.29 is 9.53 Å². The van der Waals surface area contributed by atoms with Crippen LogP contribution in [0.15, 0.2) is 30.3 Å². The Morgan fingerprint density at radius 2 is 1.96 bits per heavy atom. The van der Waals surface area contributed by atoms with Gasteiger partial charge in [-0.05, 0) is 67.6 Å². The van der Waals surface area contributed by atoms with E-state index >= 15 is 0 Å². The molecule has 0 aliphatic heterocycles. The van der Waals surface area contributed by atoms with E-state index in [0.29, 0.717) is 12.1 Å². The maximum Gasteiger partial charge on any atom is 0.356 e. The Morgan fingerprint density at radius 1 is 1.23 bits per heavy atom. The summed E-state index contributed by atoms with van der Waals surface area (Å²) >= 11 is 0. The van der Waals surface area contributed by atoms with Gasteiger partial charge in [-0.1, -0.05) is 13.0 Å². The van der Waals surface area contributed by atoms with Crippen LogP contribution in [0.5, 0.6) is 0 Å². The van der Waals surface area contributed by atoms with E-state index in [2.05, 4.69) is 42.9 Å². The van der Waals surface area contributed by atoms with Crippen LogP contribution in [-0.4, -0.2) is 23.0 Å². The number of pyridine rings is 1. The summed E-state index contributed by atoms with van der Waals surface area (Å²) in [6.45, 7) is 6.62. The number of H-pyrrole nitrogens is 1. The van der Waals surface area contributed by atoms with E-state index in [1.165, 1.54) is 53.2 Å². The number of hydrogen-bond donors (Lipinski definition) is 1. The van der Waals surface area contributed by atoms with Gasteiger partial charge < -0.3 is 9.72 Å². The number of carbonyl (C=O) groups excluding carboxylic acids is 1. The monoisotopic (exact) mass is 348 g/mol. The molecule has 1 aliphatic rings. The molecule has 0 amide bonds. The van der Waals surface area contributed by atoms with Gasteiger partial charge >= 0.3 is 5.97 Å². The van der Waals surface area contributed by atoms with Crippen molar-refractivity contribution in [1.82, 2.24) is 9.97 Å². The van der Waals surface area contributed by atoms with E-state index in [1.807, 2.05) is 12.1 Å². The van der Waals surface area contributed by atoms with Crippen molar-refractivity contribution in [2.45, 2.75) is 45.4 Å². The molecule has 4 rings (SSSR count). The minimum Gasteiger partial charge on any atom is -0.464 e. The van der Waals surface area contributed by atoms with Crippen LogP contribution >= 0.6 is 0 Å². The summed E-state index contributed by atoms with van der Waals surface area (Å²) in [5.74, 6) is -0.397. The molecule has 1 aromatic carbocycles. The summed E-state index contributed by atoms with van der Waals surface area (Å²) in [5, 5.41) is 1.27. The van der Waals surface area contributed by atoms with Gasteiger partial charge in [-0.15, -0.1) is 0 Å². The molecular weight excluding hydrogens is 324 g/mol. The SMILES string of the molecule is COC(=O)c1cccc(Cc2c(C3(C)CC3)[nH]c3cc(C)c(C)cc23)n1. The van der Waals surface area contributed by atoms with E-state index in [1.54, 1.807) is 6.07 Å². The van der Waals surface area contributed by atoms with Gasteiger partial charge in [-0.25, -0.2) is 9.78 Å². The second-order valence-corrected chi connectivity index (χ2v) is 7.70. The van der Waals surface area contributed by atoms with Crippen molar-refractivity contribution >= 4 is 16.9 Å². The largest absolute Gasteiger partial charge is 0.464 e. The number of carbonyl (C=O) groups is 1. The number of benzene rings is 1. The predicted octanol–water partition coefficient (Wildman–Crippen LogP) is 4.61. The summed E-state index contributed by atoms with van der Waals surface area (Å²) in [7, 11) is 1.38. The molecule has 0 atom stereocenters. The molecule has 0 radical (unpaired) electrons. The van der Waals surface area contributed by atoms with Gasteiger partial charge in [0.1, 0.15) is 5.69 Å². The number of fused-ring (bicyclic) bond motifs is 1.